The van der Waals surface area contributed by atoms with Gasteiger partial charge in [0.1, 0.15) is 5.01 Å². The van der Waals surface area contributed by atoms with Crippen molar-refractivity contribution >= 4 is 17.3 Å². The Morgan fingerprint density at radius 1 is 1.10 bits per heavy atom. The summed E-state index contributed by atoms with van der Waals surface area (Å²) in [6.07, 6.45) is 4.90. The van der Waals surface area contributed by atoms with Gasteiger partial charge in [-0.1, -0.05) is 44.2 Å². The van der Waals surface area contributed by atoms with E-state index in [0.29, 0.717) is 19.0 Å². The Balaban J connectivity index is 1.39. The molecule has 0 spiro atoms. The van der Waals surface area contributed by atoms with Gasteiger partial charge in [-0.3, -0.25) is 14.7 Å². The van der Waals surface area contributed by atoms with Gasteiger partial charge in [-0.15, -0.1) is 11.3 Å². The number of benzene rings is 1. The minimum atomic E-state index is -0.694. The average Bonchev–Trinajstić information content (AvgIpc) is 3.15. The average molecular weight is 408 g/mol. The molecule has 3 heterocycles. The normalized spacial score (nSPS) is 14.9. The zero-order valence-electron chi connectivity index (χ0n) is 16.7. The monoisotopic (exact) mass is 407 g/mol. The summed E-state index contributed by atoms with van der Waals surface area (Å²) in [5.74, 6) is -0.281. The lowest BCUT2D eigenvalue weighted by Crippen LogP contribution is -2.49. The van der Waals surface area contributed by atoms with Gasteiger partial charge in [0.05, 0.1) is 16.5 Å². The second-order valence-corrected chi connectivity index (χ2v) is 9.14. The van der Waals surface area contributed by atoms with Crippen LogP contribution in [0.25, 0.3) is 21.1 Å². The molecule has 0 aliphatic carbocycles. The SMILES string of the molecule is CC(C)Cc1ccc(-c2cnc(-c3ccc(CN4CC(C(=O)O)C4)cc3)s2)nc1. The fourth-order valence-corrected chi connectivity index (χ4v) is 4.45. The molecule has 29 heavy (non-hydrogen) atoms. The third kappa shape index (κ3) is 4.71. The van der Waals surface area contributed by atoms with E-state index < -0.39 is 5.97 Å². The summed E-state index contributed by atoms with van der Waals surface area (Å²) in [6, 6.07) is 12.6. The van der Waals surface area contributed by atoms with E-state index in [0.717, 1.165) is 34.1 Å². The Bertz CT molecular complexity index is 974. The maximum Gasteiger partial charge on any atom is 0.309 e. The van der Waals surface area contributed by atoms with Crippen LogP contribution in [0.4, 0.5) is 0 Å². The van der Waals surface area contributed by atoms with Crippen LogP contribution in [0.2, 0.25) is 0 Å². The Labute approximate surface area is 175 Å². The molecule has 0 atom stereocenters. The van der Waals surface area contributed by atoms with Gasteiger partial charge < -0.3 is 5.11 Å². The second kappa shape index (κ2) is 8.43. The van der Waals surface area contributed by atoms with Crippen LogP contribution in [0.3, 0.4) is 0 Å². The van der Waals surface area contributed by atoms with E-state index in [2.05, 4.69) is 65.1 Å². The lowest BCUT2D eigenvalue weighted by molar-refractivity contribution is -0.147. The van der Waals surface area contributed by atoms with E-state index in [1.807, 2.05) is 12.4 Å². The van der Waals surface area contributed by atoms with Gasteiger partial charge in [-0.2, -0.15) is 0 Å². The molecule has 6 heteroatoms. The molecular weight excluding hydrogens is 382 g/mol. The maximum absolute atomic E-state index is 10.9. The summed E-state index contributed by atoms with van der Waals surface area (Å²) in [5.41, 5.74) is 4.51. The molecule has 150 valence electrons. The predicted molar refractivity (Wildman–Crippen MR) is 116 cm³/mol. The molecule has 1 aromatic carbocycles. The Morgan fingerprint density at radius 3 is 2.45 bits per heavy atom. The topological polar surface area (TPSA) is 66.3 Å². The molecule has 4 rings (SSSR count). The fourth-order valence-electron chi connectivity index (χ4n) is 3.55. The van der Waals surface area contributed by atoms with Crippen LogP contribution in [0.5, 0.6) is 0 Å². The van der Waals surface area contributed by atoms with Crippen molar-refractivity contribution in [2.75, 3.05) is 13.1 Å². The first-order chi connectivity index (χ1) is 14.0. The first kappa shape index (κ1) is 19.7. The standard InChI is InChI=1S/C23H25N3O2S/c1-15(2)9-17-5-8-20(24-10-17)21-11-25-22(29-21)18-6-3-16(4-7-18)12-26-13-19(14-26)23(27)28/h3-8,10-11,15,19H,9,12-14H2,1-2H3,(H,27,28). The Morgan fingerprint density at radius 2 is 1.83 bits per heavy atom. The van der Waals surface area contributed by atoms with E-state index in [4.69, 9.17) is 5.11 Å². The van der Waals surface area contributed by atoms with Crippen LogP contribution < -0.4 is 0 Å². The van der Waals surface area contributed by atoms with Crippen LogP contribution in [0, 0.1) is 11.8 Å². The highest BCUT2D eigenvalue weighted by atomic mass is 32.1. The van der Waals surface area contributed by atoms with Crippen molar-refractivity contribution in [3.05, 3.63) is 59.9 Å². The van der Waals surface area contributed by atoms with E-state index in [1.165, 1.54) is 11.1 Å². The van der Waals surface area contributed by atoms with Crippen molar-refractivity contribution < 1.29 is 9.90 Å². The molecule has 1 fully saturated rings. The quantitative estimate of drug-likeness (QED) is 0.621. The van der Waals surface area contributed by atoms with Gasteiger partial charge in [-0.25, -0.2) is 4.98 Å². The fraction of sp³-hybridized carbons (Fsp3) is 0.348. The van der Waals surface area contributed by atoms with Crippen LogP contribution in [-0.2, 0) is 17.8 Å². The third-order valence-electron chi connectivity index (χ3n) is 5.14. The van der Waals surface area contributed by atoms with E-state index >= 15 is 0 Å². The molecule has 0 saturated carbocycles. The van der Waals surface area contributed by atoms with Crippen molar-refractivity contribution in [1.29, 1.82) is 0 Å². The molecular formula is C23H25N3O2S. The van der Waals surface area contributed by atoms with Gasteiger partial charge in [-0.05, 0) is 29.5 Å². The molecule has 2 aromatic heterocycles. The number of pyridine rings is 1. The number of hydrogen-bond donors (Lipinski definition) is 1. The van der Waals surface area contributed by atoms with Crippen LogP contribution in [0.1, 0.15) is 25.0 Å². The highest BCUT2D eigenvalue weighted by Gasteiger charge is 2.32. The smallest absolute Gasteiger partial charge is 0.309 e. The van der Waals surface area contributed by atoms with Crippen molar-refractivity contribution in [2.45, 2.75) is 26.8 Å². The highest BCUT2D eigenvalue weighted by Crippen LogP contribution is 2.31. The lowest BCUT2D eigenvalue weighted by Gasteiger charge is -2.36. The molecule has 5 nitrogen and oxygen atoms in total. The summed E-state index contributed by atoms with van der Waals surface area (Å²) < 4.78 is 0. The largest absolute Gasteiger partial charge is 0.481 e. The highest BCUT2D eigenvalue weighted by molar-refractivity contribution is 7.18. The summed E-state index contributed by atoms with van der Waals surface area (Å²) in [6.45, 7) is 6.49. The third-order valence-corrected chi connectivity index (χ3v) is 6.21. The van der Waals surface area contributed by atoms with Crippen LogP contribution in [0.15, 0.2) is 48.8 Å². The van der Waals surface area contributed by atoms with Crippen LogP contribution in [-0.4, -0.2) is 39.0 Å². The molecule has 0 bridgehead atoms. The lowest BCUT2D eigenvalue weighted by atomic mass is 9.99. The number of rotatable bonds is 7. The van der Waals surface area contributed by atoms with Crippen molar-refractivity contribution in [3.63, 3.8) is 0 Å². The van der Waals surface area contributed by atoms with Crippen molar-refractivity contribution in [1.82, 2.24) is 14.9 Å². The molecule has 0 radical (unpaired) electrons. The van der Waals surface area contributed by atoms with Crippen molar-refractivity contribution in [3.8, 4) is 21.1 Å². The summed E-state index contributed by atoms with van der Waals surface area (Å²) >= 11 is 1.65. The number of carboxylic acid groups (broad SMARTS) is 1. The predicted octanol–water partition coefficient (Wildman–Crippen LogP) is 4.59. The maximum atomic E-state index is 10.9. The van der Waals surface area contributed by atoms with E-state index in [-0.39, 0.29) is 5.92 Å². The number of carboxylic acids is 1. The molecule has 0 amide bonds. The molecule has 3 aromatic rings. The van der Waals surface area contributed by atoms with Gasteiger partial charge >= 0.3 is 5.97 Å². The second-order valence-electron chi connectivity index (χ2n) is 8.11. The number of nitrogens with zero attached hydrogens (tertiary/aromatic N) is 3. The molecule has 1 saturated heterocycles. The molecule has 0 unspecified atom stereocenters. The number of aromatic nitrogens is 2. The number of hydrogen-bond acceptors (Lipinski definition) is 5. The summed E-state index contributed by atoms with van der Waals surface area (Å²) in [4.78, 5) is 23.3. The van der Waals surface area contributed by atoms with Crippen molar-refractivity contribution in [2.24, 2.45) is 11.8 Å². The summed E-state index contributed by atoms with van der Waals surface area (Å²) in [5, 5.41) is 9.96. The summed E-state index contributed by atoms with van der Waals surface area (Å²) in [7, 11) is 0. The zero-order valence-corrected chi connectivity index (χ0v) is 17.5. The minimum absolute atomic E-state index is 0.212. The zero-order chi connectivity index (χ0) is 20.4. The van der Waals surface area contributed by atoms with Gasteiger partial charge in [0, 0.05) is 37.6 Å². The number of thiazole rings is 1. The van der Waals surface area contributed by atoms with Crippen LogP contribution >= 0.6 is 11.3 Å². The van der Waals surface area contributed by atoms with Gasteiger partial charge in [0.25, 0.3) is 0 Å². The molecule has 1 aliphatic rings. The first-order valence-electron chi connectivity index (χ1n) is 9.93. The van der Waals surface area contributed by atoms with E-state index in [1.54, 1.807) is 11.3 Å². The van der Waals surface area contributed by atoms with E-state index in [9.17, 15) is 4.79 Å². The Hall–Kier alpha value is -2.57. The van der Waals surface area contributed by atoms with Gasteiger partial charge in [0.15, 0.2) is 0 Å². The molecule has 1 N–H and O–H groups in total. The number of likely N-dealkylation sites (tertiary alicyclic amines) is 1. The molecule has 1 aliphatic heterocycles. The minimum Gasteiger partial charge on any atom is -0.481 e. The number of carbonyl (C=O) groups is 1. The number of aliphatic carboxylic acids is 1. The Kier molecular flexibility index (Phi) is 5.74. The van der Waals surface area contributed by atoms with Gasteiger partial charge in [0.2, 0.25) is 0 Å². The first-order valence-corrected chi connectivity index (χ1v) is 10.7.